The monoisotopic (exact) mass is 414 g/mol. The Hall–Kier alpha value is -2.57. The number of ether oxygens (including phenoxy) is 2. The molecule has 0 unspecified atom stereocenters. The van der Waals surface area contributed by atoms with Gasteiger partial charge in [0.1, 0.15) is 10.6 Å². The van der Waals surface area contributed by atoms with Gasteiger partial charge in [-0.05, 0) is 25.1 Å². The number of sulfonamides is 1. The van der Waals surface area contributed by atoms with Crippen LogP contribution in [-0.2, 0) is 14.8 Å². The highest BCUT2D eigenvalue weighted by molar-refractivity contribution is 7.89. The molecule has 0 atom stereocenters. The maximum Gasteiger partial charge on any atom is 0.362 e. The number of nitrogens with zero attached hydrogens (tertiary/aromatic N) is 3. The summed E-state index contributed by atoms with van der Waals surface area (Å²) in [5, 5.41) is 6.24. The van der Waals surface area contributed by atoms with Crippen molar-refractivity contribution in [2.45, 2.75) is 11.8 Å². The Labute approximate surface area is 160 Å². The lowest BCUT2D eigenvalue weighted by molar-refractivity contribution is 0.0520. The number of hydrogen-bond donors (Lipinski definition) is 1. The van der Waals surface area contributed by atoms with E-state index in [1.807, 2.05) is 0 Å². The molecule has 1 aromatic carbocycles. The van der Waals surface area contributed by atoms with Crippen molar-refractivity contribution in [3.63, 3.8) is 0 Å². The van der Waals surface area contributed by atoms with Crippen LogP contribution < -0.4 is 10.1 Å². The lowest BCUT2D eigenvalue weighted by Gasteiger charge is -2.15. The average molecular weight is 414 g/mol. The molecule has 1 amide bonds. The molecule has 0 aliphatic heterocycles. The molecule has 0 aliphatic carbocycles. The van der Waals surface area contributed by atoms with Crippen molar-refractivity contribution in [1.29, 1.82) is 0 Å². The van der Waals surface area contributed by atoms with Gasteiger partial charge >= 0.3 is 5.97 Å². The highest BCUT2D eigenvalue weighted by Crippen LogP contribution is 2.28. The van der Waals surface area contributed by atoms with E-state index in [0.717, 1.165) is 15.8 Å². The maximum absolute atomic E-state index is 12.5. The number of aromatic nitrogens is 2. The smallest absolute Gasteiger partial charge is 0.362 e. The van der Waals surface area contributed by atoms with Crippen molar-refractivity contribution in [2.75, 3.05) is 33.1 Å². The third-order valence-corrected chi connectivity index (χ3v) is 5.85. The maximum atomic E-state index is 12.5. The van der Waals surface area contributed by atoms with Crippen LogP contribution in [0, 0.1) is 0 Å². The predicted octanol–water partition coefficient (Wildman–Crippen LogP) is 1.23. The van der Waals surface area contributed by atoms with E-state index in [2.05, 4.69) is 14.9 Å². The lowest BCUT2D eigenvalue weighted by Crippen LogP contribution is -2.23. The average Bonchev–Trinajstić information content (AvgIpc) is 3.09. The molecule has 1 aromatic heterocycles. The number of rotatable bonds is 7. The normalized spacial score (nSPS) is 11.3. The van der Waals surface area contributed by atoms with Crippen LogP contribution in [0.2, 0.25) is 0 Å². The number of carbonyl (C=O) groups excluding carboxylic acids is 2. The molecular weight excluding hydrogens is 396 g/mol. The van der Waals surface area contributed by atoms with Crippen LogP contribution in [0.25, 0.3) is 0 Å². The molecule has 2 rings (SSSR count). The van der Waals surface area contributed by atoms with E-state index in [1.165, 1.54) is 39.4 Å². The largest absolute Gasteiger partial charge is 0.495 e. The summed E-state index contributed by atoms with van der Waals surface area (Å²) in [5.74, 6) is -1.25. The summed E-state index contributed by atoms with van der Waals surface area (Å²) >= 11 is 0.804. The van der Waals surface area contributed by atoms with Crippen molar-refractivity contribution >= 4 is 38.4 Å². The van der Waals surface area contributed by atoms with Crippen molar-refractivity contribution in [3.8, 4) is 5.75 Å². The van der Waals surface area contributed by atoms with Gasteiger partial charge in [0, 0.05) is 31.2 Å². The molecule has 0 saturated heterocycles. The van der Waals surface area contributed by atoms with E-state index >= 15 is 0 Å². The van der Waals surface area contributed by atoms with Crippen molar-refractivity contribution in [2.24, 2.45) is 0 Å². The third kappa shape index (κ3) is 4.40. The van der Waals surface area contributed by atoms with Crippen LogP contribution in [0.3, 0.4) is 0 Å². The first kappa shape index (κ1) is 20.7. The van der Waals surface area contributed by atoms with Gasteiger partial charge in [-0.15, -0.1) is 5.10 Å². The van der Waals surface area contributed by atoms with E-state index in [4.69, 9.17) is 9.47 Å². The fourth-order valence-electron chi connectivity index (χ4n) is 2.00. The molecule has 1 N–H and O–H groups in total. The number of nitrogens with one attached hydrogen (secondary N) is 1. The number of hydrogen-bond acceptors (Lipinski definition) is 9. The van der Waals surface area contributed by atoms with Crippen LogP contribution in [0.15, 0.2) is 23.1 Å². The summed E-state index contributed by atoms with van der Waals surface area (Å²) in [4.78, 5) is 24.2. The fourth-order valence-corrected chi connectivity index (χ4v) is 3.63. The Kier molecular flexibility index (Phi) is 6.46. The molecular formula is C15H18N4O6S2. The number of benzene rings is 1. The molecule has 0 saturated carbocycles. The zero-order valence-electron chi connectivity index (χ0n) is 15.0. The number of carbonyl (C=O) groups is 2. The van der Waals surface area contributed by atoms with Crippen molar-refractivity contribution in [1.82, 2.24) is 13.9 Å². The molecule has 0 radical (unpaired) electrons. The van der Waals surface area contributed by atoms with E-state index in [-0.39, 0.29) is 33.5 Å². The Morgan fingerprint density at radius 3 is 2.59 bits per heavy atom. The minimum atomic E-state index is -3.83. The van der Waals surface area contributed by atoms with E-state index < -0.39 is 21.9 Å². The number of methoxy groups -OCH3 is 1. The molecule has 1 heterocycles. The highest BCUT2D eigenvalue weighted by Gasteiger charge is 2.25. The summed E-state index contributed by atoms with van der Waals surface area (Å²) in [6.07, 6.45) is 0. The zero-order chi connectivity index (χ0) is 20.2. The van der Waals surface area contributed by atoms with Crippen LogP contribution >= 0.6 is 11.5 Å². The van der Waals surface area contributed by atoms with Crippen LogP contribution in [-0.4, -0.2) is 62.0 Å². The van der Waals surface area contributed by atoms with Crippen molar-refractivity contribution in [3.05, 3.63) is 29.5 Å². The standard InChI is InChI=1S/C15H18N4O6S2/c1-5-25-15(21)12-14(26-18-17-12)16-13(20)9-6-7-10(24-4)11(8-9)27(22,23)19(2)3/h6-8H,5H2,1-4H3,(H,16,20). The van der Waals surface area contributed by atoms with Crippen LogP contribution in [0.1, 0.15) is 27.8 Å². The zero-order valence-corrected chi connectivity index (χ0v) is 16.7. The van der Waals surface area contributed by atoms with Gasteiger partial charge < -0.3 is 14.8 Å². The molecule has 10 nitrogen and oxygen atoms in total. The second kappa shape index (κ2) is 8.41. The first-order valence-corrected chi connectivity index (χ1v) is 9.85. The lowest BCUT2D eigenvalue weighted by atomic mass is 10.2. The third-order valence-electron chi connectivity index (χ3n) is 3.37. The molecule has 0 fully saturated rings. The minimum Gasteiger partial charge on any atom is -0.495 e. The molecule has 0 aliphatic rings. The summed E-state index contributed by atoms with van der Waals surface area (Å²) in [5.41, 5.74) is -0.0655. The fraction of sp³-hybridized carbons (Fsp3) is 0.333. The van der Waals surface area contributed by atoms with Crippen molar-refractivity contribution < 1.29 is 27.5 Å². The van der Waals surface area contributed by atoms with Crippen LogP contribution in [0.5, 0.6) is 5.75 Å². The Bertz CT molecular complexity index is 955. The molecule has 2 aromatic rings. The topological polar surface area (TPSA) is 128 Å². The predicted molar refractivity (Wildman–Crippen MR) is 97.7 cm³/mol. The van der Waals surface area contributed by atoms with E-state index in [1.54, 1.807) is 6.92 Å². The molecule has 0 spiro atoms. The highest BCUT2D eigenvalue weighted by atomic mass is 32.2. The second-order valence-corrected chi connectivity index (χ2v) is 8.15. The number of esters is 1. The Morgan fingerprint density at radius 2 is 2.00 bits per heavy atom. The quantitative estimate of drug-likeness (QED) is 0.670. The Balaban J connectivity index is 2.36. The molecule has 146 valence electrons. The first-order chi connectivity index (χ1) is 12.7. The van der Waals surface area contributed by atoms with Gasteiger partial charge in [-0.1, -0.05) is 4.49 Å². The van der Waals surface area contributed by atoms with Gasteiger partial charge in [0.25, 0.3) is 5.91 Å². The van der Waals surface area contributed by atoms with Gasteiger partial charge in [0.15, 0.2) is 5.00 Å². The van der Waals surface area contributed by atoms with Crippen LogP contribution in [0.4, 0.5) is 5.00 Å². The van der Waals surface area contributed by atoms with E-state index in [9.17, 15) is 18.0 Å². The van der Waals surface area contributed by atoms with Gasteiger partial charge in [-0.3, -0.25) is 4.79 Å². The van der Waals surface area contributed by atoms with Gasteiger partial charge in [-0.2, -0.15) is 0 Å². The van der Waals surface area contributed by atoms with Gasteiger partial charge in [0.2, 0.25) is 15.7 Å². The summed E-state index contributed by atoms with van der Waals surface area (Å²) in [6.45, 7) is 1.79. The van der Waals surface area contributed by atoms with E-state index in [0.29, 0.717) is 0 Å². The second-order valence-electron chi connectivity index (χ2n) is 5.28. The van der Waals surface area contributed by atoms with Gasteiger partial charge in [0.05, 0.1) is 13.7 Å². The summed E-state index contributed by atoms with van der Waals surface area (Å²) < 4.78 is 39.5. The number of anilines is 1. The SMILES string of the molecule is CCOC(=O)c1nnsc1NC(=O)c1ccc(OC)c(S(=O)(=O)N(C)C)c1. The summed E-state index contributed by atoms with van der Waals surface area (Å²) in [7, 11) is 0.240. The minimum absolute atomic E-state index is 0.0550. The molecule has 12 heteroatoms. The number of amides is 1. The first-order valence-electron chi connectivity index (χ1n) is 7.63. The Morgan fingerprint density at radius 1 is 1.30 bits per heavy atom. The summed E-state index contributed by atoms with van der Waals surface area (Å²) in [6, 6.07) is 3.98. The molecule has 0 bridgehead atoms. The van der Waals surface area contributed by atoms with Gasteiger partial charge in [-0.25, -0.2) is 17.5 Å². The molecule has 27 heavy (non-hydrogen) atoms.